The normalized spacial score (nSPS) is 6.78. The van der Waals surface area contributed by atoms with Crippen molar-refractivity contribution in [3.8, 4) is 0 Å². The van der Waals surface area contributed by atoms with Crippen molar-refractivity contribution < 1.29 is 4.79 Å². The smallest absolute Gasteiger partial charge is 0.126 e. The van der Waals surface area contributed by atoms with Crippen LogP contribution in [0, 0.1) is 0 Å². The molecule has 0 heterocycles. The molecule has 0 atom stereocenters. The predicted molar refractivity (Wildman–Crippen MR) is 42.0 cm³/mol. The quantitative estimate of drug-likeness (QED) is 0.572. The second-order valence-electron chi connectivity index (χ2n) is 1.31. The number of ketones is 1. The third-order valence-electron chi connectivity index (χ3n) is 0.0825. The average molecular weight is 189 g/mol. The Hall–Kier alpha value is 0.280. The molecule has 0 rings (SSSR count). The van der Waals surface area contributed by atoms with Crippen LogP contribution >= 0.6 is 34.8 Å². The van der Waals surface area contributed by atoms with Gasteiger partial charge in [-0.1, -0.05) is 34.8 Å². The Morgan fingerprint density at radius 3 is 1.44 bits per heavy atom. The van der Waals surface area contributed by atoms with Crippen molar-refractivity contribution in [2.75, 3.05) is 0 Å². The molecule has 4 heteroatoms. The summed E-state index contributed by atoms with van der Waals surface area (Å²) in [6, 6.07) is 0. The maximum absolute atomic E-state index is 9.44. The Bertz CT molecular complexity index is 101. The van der Waals surface area contributed by atoms with Crippen molar-refractivity contribution in [3.05, 3.63) is 10.0 Å². The van der Waals surface area contributed by atoms with E-state index < -0.39 is 0 Å². The summed E-state index contributed by atoms with van der Waals surface area (Å²) in [5.41, 5.74) is 1.09. The van der Waals surface area contributed by atoms with Crippen molar-refractivity contribution in [1.29, 1.82) is 0 Å². The molecule has 0 aromatic carbocycles. The van der Waals surface area contributed by atoms with E-state index in [0.717, 1.165) is 5.54 Å². The number of hydrogen-bond acceptors (Lipinski definition) is 1. The van der Waals surface area contributed by atoms with Crippen LogP contribution in [0.1, 0.15) is 13.8 Å². The van der Waals surface area contributed by atoms with Gasteiger partial charge in [0.05, 0.1) is 0 Å². The zero-order valence-electron chi connectivity index (χ0n) is 5.12. The van der Waals surface area contributed by atoms with E-state index >= 15 is 0 Å². The first-order valence-corrected chi connectivity index (χ1v) is 3.28. The van der Waals surface area contributed by atoms with Crippen molar-refractivity contribution in [3.63, 3.8) is 0 Å². The Morgan fingerprint density at radius 1 is 1.33 bits per heavy atom. The summed E-state index contributed by atoms with van der Waals surface area (Å²) in [5.74, 6) is 0.167. The SMILES string of the molecule is CC(C)=O.ClC=C(Cl)Cl. The lowest BCUT2D eigenvalue weighted by molar-refractivity contribution is -0.114. The Kier molecular flexibility index (Phi) is 11.0. The van der Waals surface area contributed by atoms with Gasteiger partial charge in [0.1, 0.15) is 10.3 Å². The molecule has 9 heavy (non-hydrogen) atoms. The standard InChI is InChI=1S/C3H6O.C2HCl3/c1-3(2)4;3-1-2(4)5/h1-2H3;1H. The zero-order chi connectivity index (χ0) is 7.86. The highest BCUT2D eigenvalue weighted by Crippen LogP contribution is 2.05. The molecule has 0 radical (unpaired) electrons. The summed E-state index contributed by atoms with van der Waals surface area (Å²) in [5, 5.41) is 0. The molecule has 0 saturated heterocycles. The fourth-order valence-corrected chi connectivity index (χ4v) is 0. The van der Waals surface area contributed by atoms with Gasteiger partial charge in [-0.25, -0.2) is 0 Å². The lowest BCUT2D eigenvalue weighted by Gasteiger charge is -1.64. The second-order valence-corrected chi connectivity index (χ2v) is 2.53. The van der Waals surface area contributed by atoms with Crippen molar-refractivity contribution in [2.45, 2.75) is 13.8 Å². The number of Topliss-reactive ketones (excluding diaryl/α,β-unsaturated/α-hetero) is 1. The molecule has 0 amide bonds. The topological polar surface area (TPSA) is 17.1 Å². The highest BCUT2D eigenvalue weighted by atomic mass is 35.5. The Morgan fingerprint density at radius 2 is 1.44 bits per heavy atom. The highest BCUT2D eigenvalue weighted by Gasteiger charge is 1.70. The minimum atomic E-state index is 0.0895. The van der Waals surface area contributed by atoms with Gasteiger partial charge in [-0.3, -0.25) is 0 Å². The van der Waals surface area contributed by atoms with Gasteiger partial charge in [-0.05, 0) is 13.8 Å². The van der Waals surface area contributed by atoms with Crippen molar-refractivity contribution >= 4 is 40.6 Å². The third-order valence-corrected chi connectivity index (χ3v) is 0.742. The summed E-state index contributed by atoms with van der Waals surface area (Å²) < 4.78 is 0.0895. The molecule has 0 aromatic heterocycles. The molecule has 0 aliphatic heterocycles. The molecule has 0 aromatic rings. The van der Waals surface area contributed by atoms with Gasteiger partial charge in [0.25, 0.3) is 0 Å². The average Bonchev–Trinajstić information content (AvgIpc) is 1.65. The van der Waals surface area contributed by atoms with E-state index in [1.165, 1.54) is 13.8 Å². The predicted octanol–water partition coefficient (Wildman–Crippen LogP) is 3.10. The minimum absolute atomic E-state index is 0.0895. The van der Waals surface area contributed by atoms with Crippen LogP contribution in [0.5, 0.6) is 0 Å². The van der Waals surface area contributed by atoms with Gasteiger partial charge in [-0.15, -0.1) is 0 Å². The fourth-order valence-electron chi connectivity index (χ4n) is 0. The number of rotatable bonds is 0. The molecule has 0 aliphatic carbocycles. The molecule has 0 aliphatic rings. The van der Waals surface area contributed by atoms with Crippen molar-refractivity contribution in [1.82, 2.24) is 0 Å². The first kappa shape index (κ1) is 12.0. The molecule has 0 saturated carbocycles. The summed E-state index contributed by atoms with van der Waals surface area (Å²) in [6.07, 6.45) is 0. The van der Waals surface area contributed by atoms with E-state index in [9.17, 15) is 4.79 Å². The largest absolute Gasteiger partial charge is 0.300 e. The molecule has 0 spiro atoms. The fraction of sp³-hybridized carbons (Fsp3) is 0.400. The van der Waals surface area contributed by atoms with E-state index in [1.807, 2.05) is 0 Å². The first-order valence-electron chi connectivity index (χ1n) is 2.09. The lowest BCUT2D eigenvalue weighted by Crippen LogP contribution is -1.69. The monoisotopic (exact) mass is 188 g/mol. The summed E-state index contributed by atoms with van der Waals surface area (Å²) in [4.78, 5) is 9.44. The highest BCUT2D eigenvalue weighted by molar-refractivity contribution is 6.58. The zero-order valence-corrected chi connectivity index (χ0v) is 7.39. The number of halogens is 3. The summed E-state index contributed by atoms with van der Waals surface area (Å²) in [7, 11) is 0. The molecule has 0 N–H and O–H groups in total. The van der Waals surface area contributed by atoms with Gasteiger partial charge in [0.15, 0.2) is 0 Å². The van der Waals surface area contributed by atoms with Crippen LogP contribution in [0.3, 0.4) is 0 Å². The molecule has 0 unspecified atom stereocenters. The molecule has 0 bridgehead atoms. The molecule has 54 valence electrons. The van der Waals surface area contributed by atoms with Crippen LogP contribution in [-0.2, 0) is 4.79 Å². The second kappa shape index (κ2) is 8.28. The van der Waals surface area contributed by atoms with Crippen LogP contribution < -0.4 is 0 Å². The van der Waals surface area contributed by atoms with E-state index in [-0.39, 0.29) is 10.3 Å². The number of hydrogen-bond donors (Lipinski definition) is 0. The van der Waals surface area contributed by atoms with Crippen molar-refractivity contribution in [2.24, 2.45) is 0 Å². The van der Waals surface area contributed by atoms with Gasteiger partial charge >= 0.3 is 0 Å². The third kappa shape index (κ3) is 62.8. The van der Waals surface area contributed by atoms with Crippen LogP contribution in [0.15, 0.2) is 10.0 Å². The number of carbonyl (C=O) groups is 1. The van der Waals surface area contributed by atoms with Crippen LogP contribution in [0.4, 0.5) is 0 Å². The summed E-state index contributed by atoms with van der Waals surface area (Å²) in [6.45, 7) is 3.06. The maximum atomic E-state index is 9.44. The van der Waals surface area contributed by atoms with Gasteiger partial charge in [0, 0.05) is 5.54 Å². The maximum Gasteiger partial charge on any atom is 0.126 e. The Balaban J connectivity index is 0. The molecular weight excluding hydrogens is 182 g/mol. The van der Waals surface area contributed by atoms with Crippen LogP contribution in [0.2, 0.25) is 0 Å². The van der Waals surface area contributed by atoms with Gasteiger partial charge < -0.3 is 4.79 Å². The van der Waals surface area contributed by atoms with E-state index in [0.29, 0.717) is 0 Å². The van der Waals surface area contributed by atoms with E-state index in [2.05, 4.69) is 0 Å². The first-order chi connectivity index (χ1) is 4.00. The molecule has 1 nitrogen and oxygen atoms in total. The summed E-state index contributed by atoms with van der Waals surface area (Å²) >= 11 is 14.8. The molecular formula is C5H7Cl3O. The van der Waals surface area contributed by atoms with Crippen LogP contribution in [-0.4, -0.2) is 5.78 Å². The van der Waals surface area contributed by atoms with E-state index in [4.69, 9.17) is 34.8 Å². The number of carbonyl (C=O) groups excluding carboxylic acids is 1. The lowest BCUT2D eigenvalue weighted by atomic mass is 10.6. The molecule has 0 fully saturated rings. The van der Waals surface area contributed by atoms with Gasteiger partial charge in [0.2, 0.25) is 0 Å². The Labute approximate surface area is 69.6 Å². The van der Waals surface area contributed by atoms with Gasteiger partial charge in [-0.2, -0.15) is 0 Å². The minimum Gasteiger partial charge on any atom is -0.300 e. The van der Waals surface area contributed by atoms with Crippen LogP contribution in [0.25, 0.3) is 0 Å². The van der Waals surface area contributed by atoms with E-state index in [1.54, 1.807) is 0 Å².